The van der Waals surface area contributed by atoms with Gasteiger partial charge in [0.1, 0.15) is 23.9 Å². The van der Waals surface area contributed by atoms with Crippen LogP contribution in [0, 0.1) is 0 Å². The topological polar surface area (TPSA) is 68.5 Å². The summed E-state index contributed by atoms with van der Waals surface area (Å²) in [5, 5.41) is 20.6. The van der Waals surface area contributed by atoms with Crippen molar-refractivity contribution in [2.45, 2.75) is 31.0 Å². The molecule has 4 atom stereocenters. The predicted octanol–water partition coefficient (Wildman–Crippen LogP) is 0.793. The first-order valence-electron chi connectivity index (χ1n) is 7.70. The summed E-state index contributed by atoms with van der Waals surface area (Å²) in [4.78, 5) is 7.94. The summed E-state index contributed by atoms with van der Waals surface area (Å²) in [6.45, 7) is 7.03. The molecular formula is C16H28N3O3P. The lowest BCUT2D eigenvalue weighted by Crippen LogP contribution is -2.42. The van der Waals surface area contributed by atoms with Gasteiger partial charge in [0.2, 0.25) is 0 Å². The molecule has 1 saturated heterocycles. The van der Waals surface area contributed by atoms with Gasteiger partial charge < -0.3 is 24.7 Å². The third-order valence-corrected chi connectivity index (χ3v) is 5.48. The fourth-order valence-electron chi connectivity index (χ4n) is 2.62. The number of aliphatic hydroxyl groups is 2. The molecule has 0 aromatic rings. The lowest BCUT2D eigenvalue weighted by Gasteiger charge is -2.32. The summed E-state index contributed by atoms with van der Waals surface area (Å²) in [6, 6.07) is 0. The minimum atomic E-state index is -1.19. The minimum absolute atomic E-state index is 0.392. The molecule has 0 spiro atoms. The van der Waals surface area contributed by atoms with Crippen LogP contribution < -0.4 is 0 Å². The van der Waals surface area contributed by atoms with E-state index < -0.39 is 31.4 Å². The SMILES string of the molecule is C=C1N=C(N(C)C)C=CN1C1OC(CCP(=C)(C)C)[C@@H](O)[C@H]1O. The summed E-state index contributed by atoms with van der Waals surface area (Å²) >= 11 is 0. The van der Waals surface area contributed by atoms with Crippen molar-refractivity contribution < 1.29 is 14.9 Å². The Kier molecular flexibility index (Phi) is 5.41. The number of hydrogen-bond donors (Lipinski definition) is 2. The first kappa shape index (κ1) is 18.3. The van der Waals surface area contributed by atoms with E-state index in [9.17, 15) is 10.2 Å². The second-order valence-corrected chi connectivity index (χ2v) is 11.3. The highest BCUT2D eigenvalue weighted by atomic mass is 31.2. The highest BCUT2D eigenvalue weighted by Crippen LogP contribution is 2.38. The van der Waals surface area contributed by atoms with Crippen molar-refractivity contribution in [2.24, 2.45) is 4.99 Å². The molecule has 130 valence electrons. The van der Waals surface area contributed by atoms with Crippen LogP contribution in [0.5, 0.6) is 0 Å². The van der Waals surface area contributed by atoms with E-state index in [1.807, 2.05) is 25.1 Å². The highest BCUT2D eigenvalue weighted by Gasteiger charge is 2.45. The Balaban J connectivity index is 2.06. The zero-order valence-electron chi connectivity index (χ0n) is 14.4. The minimum Gasteiger partial charge on any atom is -0.388 e. The number of rotatable bonds is 4. The lowest BCUT2D eigenvalue weighted by atomic mass is 10.1. The maximum atomic E-state index is 10.3. The zero-order chi connectivity index (χ0) is 17.4. The van der Waals surface area contributed by atoms with E-state index >= 15 is 0 Å². The van der Waals surface area contributed by atoms with Gasteiger partial charge in [0.15, 0.2) is 6.23 Å². The third-order valence-electron chi connectivity index (χ3n) is 4.01. The molecule has 2 heterocycles. The number of hydrogen-bond acceptors (Lipinski definition) is 6. The van der Waals surface area contributed by atoms with Crippen LogP contribution in [0.1, 0.15) is 6.42 Å². The van der Waals surface area contributed by atoms with E-state index in [1.165, 1.54) is 0 Å². The molecule has 2 unspecified atom stereocenters. The molecule has 0 aliphatic carbocycles. The van der Waals surface area contributed by atoms with Gasteiger partial charge in [0.25, 0.3) is 0 Å². The molecule has 23 heavy (non-hydrogen) atoms. The van der Waals surface area contributed by atoms with Gasteiger partial charge in [-0.2, -0.15) is 0 Å². The fourth-order valence-corrected chi connectivity index (χ4v) is 3.57. The van der Waals surface area contributed by atoms with E-state index in [4.69, 9.17) is 4.74 Å². The Morgan fingerprint density at radius 1 is 1.35 bits per heavy atom. The first-order valence-corrected chi connectivity index (χ1v) is 10.8. The quantitative estimate of drug-likeness (QED) is 0.740. The van der Waals surface area contributed by atoms with E-state index in [1.54, 1.807) is 11.1 Å². The van der Waals surface area contributed by atoms with Crippen molar-refractivity contribution in [3.63, 3.8) is 0 Å². The van der Waals surface area contributed by atoms with Gasteiger partial charge >= 0.3 is 0 Å². The number of aliphatic imine (C=N–C) groups is 1. The molecule has 0 amide bonds. The Morgan fingerprint density at radius 2 is 2.00 bits per heavy atom. The summed E-state index contributed by atoms with van der Waals surface area (Å²) in [7, 11) is 3.80. The van der Waals surface area contributed by atoms with E-state index in [0.717, 1.165) is 12.0 Å². The number of nitrogens with zero attached hydrogens (tertiary/aromatic N) is 3. The highest BCUT2D eigenvalue weighted by molar-refractivity contribution is 7.72. The van der Waals surface area contributed by atoms with Crippen molar-refractivity contribution >= 4 is 19.0 Å². The van der Waals surface area contributed by atoms with Crippen LogP contribution in [-0.2, 0) is 4.74 Å². The molecule has 7 heteroatoms. The van der Waals surface area contributed by atoms with Crippen molar-refractivity contribution in [1.29, 1.82) is 0 Å². The fraction of sp³-hybridized carbons (Fsp3) is 0.625. The second kappa shape index (κ2) is 6.81. The predicted molar refractivity (Wildman–Crippen MR) is 97.3 cm³/mol. The number of ether oxygens (including phenoxy) is 1. The number of aliphatic hydroxyl groups excluding tert-OH is 2. The van der Waals surface area contributed by atoms with Gasteiger partial charge in [-0.1, -0.05) is 6.58 Å². The molecule has 6 nitrogen and oxygen atoms in total. The molecular weight excluding hydrogens is 313 g/mol. The van der Waals surface area contributed by atoms with Crippen LogP contribution in [-0.4, -0.2) is 90.3 Å². The van der Waals surface area contributed by atoms with Gasteiger partial charge in [-0.05, 0) is 32.0 Å². The largest absolute Gasteiger partial charge is 0.388 e. The summed E-state index contributed by atoms with van der Waals surface area (Å²) in [5.74, 6) is 1.26. The molecule has 2 N–H and O–H groups in total. The molecule has 0 aromatic carbocycles. The lowest BCUT2D eigenvalue weighted by molar-refractivity contribution is -0.0578. The van der Waals surface area contributed by atoms with E-state index in [0.29, 0.717) is 12.2 Å². The van der Waals surface area contributed by atoms with Crippen LogP contribution in [0.25, 0.3) is 0 Å². The number of likely N-dealkylation sites (N-methyl/N-ethyl adjacent to an activating group) is 1. The average molecular weight is 341 g/mol. The Bertz CT molecular complexity index is 567. The van der Waals surface area contributed by atoms with Crippen molar-refractivity contribution in [1.82, 2.24) is 9.80 Å². The smallest absolute Gasteiger partial charge is 0.164 e. The van der Waals surface area contributed by atoms with Crippen LogP contribution in [0.4, 0.5) is 0 Å². The van der Waals surface area contributed by atoms with E-state index in [-0.39, 0.29) is 0 Å². The second-order valence-electron chi connectivity index (χ2n) is 7.00. The van der Waals surface area contributed by atoms with Crippen LogP contribution in [0.15, 0.2) is 29.7 Å². The molecule has 2 aliphatic heterocycles. The Hall–Kier alpha value is -1.07. The van der Waals surface area contributed by atoms with Gasteiger partial charge in [-0.15, -0.1) is 13.2 Å². The van der Waals surface area contributed by atoms with Gasteiger partial charge in [-0.25, -0.2) is 4.99 Å². The summed E-state index contributed by atoms with van der Waals surface area (Å²) in [6.07, 6.45) is 6.42. The van der Waals surface area contributed by atoms with E-state index in [2.05, 4.69) is 31.2 Å². The maximum absolute atomic E-state index is 10.3. The molecule has 0 aromatic heterocycles. The normalized spacial score (nSPS) is 31.5. The van der Waals surface area contributed by atoms with Crippen molar-refractivity contribution in [3.8, 4) is 0 Å². The average Bonchev–Trinajstić information content (AvgIpc) is 2.72. The molecule has 1 fully saturated rings. The molecule has 0 saturated carbocycles. The number of amidine groups is 1. The molecule has 2 rings (SSSR count). The Labute approximate surface area is 138 Å². The standard InChI is InChI=1S/C16H28N3O3P/c1-11-17-13(18(2)3)7-9-19(11)16-15(21)14(20)12(22-16)8-10-23(4,5)6/h7,9,12,14-16,20-21H,1,4,8,10H2,2-3,5-6H3/t12?,14-,15-,16?/m1/s1. The third kappa shape index (κ3) is 4.27. The molecule has 0 radical (unpaired) electrons. The Morgan fingerprint density at radius 3 is 2.52 bits per heavy atom. The van der Waals surface area contributed by atoms with Crippen molar-refractivity contribution in [2.75, 3.05) is 33.6 Å². The zero-order valence-corrected chi connectivity index (χ0v) is 15.3. The van der Waals surface area contributed by atoms with Crippen LogP contribution in [0.2, 0.25) is 0 Å². The van der Waals surface area contributed by atoms with Gasteiger partial charge in [0.05, 0.1) is 6.10 Å². The van der Waals surface area contributed by atoms with Gasteiger partial charge in [0, 0.05) is 20.3 Å². The van der Waals surface area contributed by atoms with Crippen LogP contribution >= 0.6 is 6.89 Å². The maximum Gasteiger partial charge on any atom is 0.164 e. The monoisotopic (exact) mass is 341 g/mol. The molecule has 0 bridgehead atoms. The van der Waals surface area contributed by atoms with Crippen LogP contribution in [0.3, 0.4) is 0 Å². The molecule has 2 aliphatic rings. The summed E-state index contributed by atoms with van der Waals surface area (Å²) in [5.41, 5.74) is 0. The van der Waals surface area contributed by atoms with Crippen molar-refractivity contribution in [3.05, 3.63) is 24.7 Å². The summed E-state index contributed by atoms with van der Waals surface area (Å²) < 4.78 is 5.91. The first-order chi connectivity index (χ1) is 10.6. The van der Waals surface area contributed by atoms with Gasteiger partial charge in [-0.3, -0.25) is 0 Å².